The van der Waals surface area contributed by atoms with Crippen molar-refractivity contribution in [1.29, 1.82) is 0 Å². The molecule has 70 valence electrons. The topological polar surface area (TPSA) is 17.1 Å². The molecule has 1 aliphatic rings. The van der Waals surface area contributed by atoms with Crippen molar-refractivity contribution in [1.82, 2.24) is 0 Å². The van der Waals surface area contributed by atoms with Gasteiger partial charge in [-0.05, 0) is 0 Å². The molecule has 0 radical (unpaired) electrons. The van der Waals surface area contributed by atoms with Crippen molar-refractivity contribution in [2.45, 2.75) is 19.1 Å². The molecule has 0 aliphatic carbocycles. The zero-order valence-corrected chi connectivity index (χ0v) is 12.1. The van der Waals surface area contributed by atoms with Crippen molar-refractivity contribution < 1.29 is 4.79 Å². The molecule has 0 aromatic heterocycles. The Labute approximate surface area is 92.2 Å². The van der Waals surface area contributed by atoms with Crippen LogP contribution in [0.2, 0.25) is 0 Å². The van der Waals surface area contributed by atoms with Crippen LogP contribution in [-0.2, 0) is 0 Å². The van der Waals surface area contributed by atoms with Gasteiger partial charge < -0.3 is 0 Å². The van der Waals surface area contributed by atoms with Gasteiger partial charge in [-0.1, -0.05) is 0 Å². The summed E-state index contributed by atoms with van der Waals surface area (Å²) in [7, 11) is 5.70. The Hall–Kier alpha value is 1.63. The summed E-state index contributed by atoms with van der Waals surface area (Å²) in [5, 5.41) is 0.441. The third kappa shape index (κ3) is 4.75. The Morgan fingerprint density at radius 2 is 2.00 bits per heavy atom. The maximum absolute atomic E-state index is 11.3. The summed E-state index contributed by atoms with van der Waals surface area (Å²) in [5.74, 6) is 2.52. The molecule has 12 heavy (non-hydrogen) atoms. The van der Waals surface area contributed by atoms with Gasteiger partial charge >= 0.3 is 92.9 Å². The van der Waals surface area contributed by atoms with Gasteiger partial charge in [-0.3, -0.25) is 0 Å². The van der Waals surface area contributed by atoms with Crippen molar-refractivity contribution >= 4 is 57.5 Å². The van der Waals surface area contributed by atoms with Crippen molar-refractivity contribution in [3.8, 4) is 0 Å². The van der Waals surface area contributed by atoms with Crippen molar-refractivity contribution in [2.24, 2.45) is 0 Å². The van der Waals surface area contributed by atoms with Crippen LogP contribution < -0.4 is 0 Å². The van der Waals surface area contributed by atoms with Crippen LogP contribution in [0, 0.1) is 0 Å². The van der Waals surface area contributed by atoms with E-state index in [4.69, 9.17) is 0 Å². The molecule has 0 saturated carbocycles. The Bertz CT molecular complexity index is 158. The Balaban J connectivity index is 2.16. The fraction of sp³-hybridized carbons (Fsp3) is 0.833. The van der Waals surface area contributed by atoms with Crippen molar-refractivity contribution in [3.05, 3.63) is 0 Å². The SMILES string of the molecule is CC(C)SC(=O)S[As]1SCCS1. The summed E-state index contributed by atoms with van der Waals surface area (Å²) in [4.78, 5) is 11.3. The molecule has 1 nitrogen and oxygen atoms in total. The Morgan fingerprint density at radius 1 is 1.42 bits per heavy atom. The molecule has 1 saturated heterocycles. The van der Waals surface area contributed by atoms with Gasteiger partial charge in [0.2, 0.25) is 0 Å². The molecule has 6 heteroatoms. The molecule has 0 amide bonds. The zero-order valence-electron chi connectivity index (χ0n) is 6.98. The molecular weight excluding hydrogens is 291 g/mol. The first-order valence-corrected chi connectivity index (χ1v) is 14.1. The van der Waals surface area contributed by atoms with Crippen LogP contribution in [0.25, 0.3) is 0 Å². The molecule has 1 rings (SSSR count). The molecule has 0 unspecified atom stereocenters. The van der Waals surface area contributed by atoms with E-state index in [1.165, 1.54) is 23.3 Å². The molecule has 0 aromatic carbocycles. The van der Waals surface area contributed by atoms with E-state index in [0.29, 0.717) is 9.70 Å². The number of carbonyl (C=O) groups excluding carboxylic acids is 1. The predicted molar refractivity (Wildman–Crippen MR) is 66.4 cm³/mol. The van der Waals surface area contributed by atoms with E-state index in [2.05, 4.69) is 13.8 Å². The van der Waals surface area contributed by atoms with E-state index >= 15 is 0 Å². The molecule has 1 aliphatic heterocycles. The number of hydrogen-bond acceptors (Lipinski definition) is 5. The van der Waals surface area contributed by atoms with E-state index in [1.54, 1.807) is 10.0 Å². The molecule has 0 bridgehead atoms. The number of rotatable bonds is 2. The van der Waals surface area contributed by atoms with Crippen molar-refractivity contribution in [2.75, 3.05) is 11.5 Å². The van der Waals surface area contributed by atoms with Gasteiger partial charge in [0.25, 0.3) is 0 Å². The first-order valence-electron chi connectivity index (χ1n) is 3.63. The van der Waals surface area contributed by atoms with Crippen LogP contribution in [0.3, 0.4) is 0 Å². The monoisotopic (exact) mass is 302 g/mol. The van der Waals surface area contributed by atoms with Crippen LogP contribution >= 0.6 is 41.8 Å². The molecule has 1 heterocycles. The van der Waals surface area contributed by atoms with Crippen LogP contribution in [0.5, 0.6) is 0 Å². The molecule has 0 N–H and O–H groups in total. The summed E-state index contributed by atoms with van der Waals surface area (Å²) >= 11 is 0.593. The summed E-state index contributed by atoms with van der Waals surface area (Å²) < 4.78 is 0.340. The second-order valence-electron chi connectivity index (χ2n) is 2.40. The Kier molecular flexibility index (Phi) is 6.02. The quantitative estimate of drug-likeness (QED) is 0.725. The zero-order chi connectivity index (χ0) is 8.97. The second-order valence-corrected chi connectivity index (χ2v) is 20.7. The number of hydrogen-bond donors (Lipinski definition) is 0. The fourth-order valence-corrected chi connectivity index (χ4v) is 22.5. The van der Waals surface area contributed by atoms with Gasteiger partial charge in [0, 0.05) is 0 Å². The van der Waals surface area contributed by atoms with E-state index in [9.17, 15) is 4.79 Å². The van der Waals surface area contributed by atoms with Gasteiger partial charge in [-0.15, -0.1) is 0 Å². The van der Waals surface area contributed by atoms with Crippen LogP contribution in [0.1, 0.15) is 13.8 Å². The first kappa shape index (κ1) is 11.7. The minimum atomic E-state index is -0.882. The third-order valence-electron chi connectivity index (χ3n) is 0.958. The summed E-state index contributed by atoms with van der Waals surface area (Å²) in [6.45, 7) is 4.14. The molecule has 0 spiro atoms. The predicted octanol–water partition coefficient (Wildman–Crippen LogP) is 3.45. The van der Waals surface area contributed by atoms with Gasteiger partial charge in [0.05, 0.1) is 0 Å². The first-order chi connectivity index (χ1) is 5.68. The standard InChI is InChI=1S/C6H11AsOS4/c1-5(2)11-6(8)12-7-9-3-4-10-7/h5H,3-4H2,1-2H3. The summed E-state index contributed by atoms with van der Waals surface area (Å²) in [6.07, 6.45) is 0. The normalized spacial score (nSPS) is 18.9. The Morgan fingerprint density at radius 3 is 2.50 bits per heavy atom. The maximum atomic E-state index is 11.3. The summed E-state index contributed by atoms with van der Waals surface area (Å²) in [5.41, 5.74) is 0. The molecule has 0 atom stereocenters. The van der Waals surface area contributed by atoms with Gasteiger partial charge in [0.15, 0.2) is 0 Å². The van der Waals surface area contributed by atoms with Crippen LogP contribution in [-0.4, -0.2) is 32.4 Å². The van der Waals surface area contributed by atoms with E-state index < -0.39 is 11.2 Å². The number of thioether (sulfide) groups is 1. The van der Waals surface area contributed by atoms with Gasteiger partial charge in [0.1, 0.15) is 0 Å². The number of carbonyl (C=O) groups is 1. The van der Waals surface area contributed by atoms with E-state index in [1.807, 2.05) is 20.0 Å². The second kappa shape index (κ2) is 6.18. The van der Waals surface area contributed by atoms with Crippen LogP contribution in [0.15, 0.2) is 0 Å². The van der Waals surface area contributed by atoms with Crippen LogP contribution in [0.4, 0.5) is 4.79 Å². The fourth-order valence-electron chi connectivity index (χ4n) is 0.588. The van der Waals surface area contributed by atoms with Crippen molar-refractivity contribution in [3.63, 3.8) is 0 Å². The molecule has 1 fully saturated rings. The third-order valence-corrected chi connectivity index (χ3v) is 20.5. The van der Waals surface area contributed by atoms with E-state index in [-0.39, 0.29) is 0 Å². The molecular formula is C6H11AsOS4. The average molecular weight is 302 g/mol. The molecule has 0 aromatic rings. The van der Waals surface area contributed by atoms with Gasteiger partial charge in [-0.2, -0.15) is 0 Å². The minimum absolute atomic E-state index is 0.340. The van der Waals surface area contributed by atoms with E-state index in [0.717, 1.165) is 0 Å². The summed E-state index contributed by atoms with van der Waals surface area (Å²) in [6, 6.07) is 0. The average Bonchev–Trinajstić information content (AvgIpc) is 2.37. The van der Waals surface area contributed by atoms with Gasteiger partial charge in [-0.25, -0.2) is 0 Å².